The van der Waals surface area contributed by atoms with E-state index in [1.807, 2.05) is 48.5 Å². The molecule has 0 radical (unpaired) electrons. The number of amides is 1. The number of fused-ring (bicyclic) bond motifs is 4. The Morgan fingerprint density at radius 1 is 0.953 bits per heavy atom. The molecule has 1 fully saturated rings. The lowest BCUT2D eigenvalue weighted by Gasteiger charge is -2.42. The third-order valence-electron chi connectivity index (χ3n) is 8.55. The van der Waals surface area contributed by atoms with Crippen LogP contribution in [0, 0.1) is 0 Å². The number of rotatable bonds is 7. The fourth-order valence-electron chi connectivity index (χ4n) is 6.52. The van der Waals surface area contributed by atoms with Gasteiger partial charge in [0.2, 0.25) is 5.91 Å². The largest absolute Gasteiger partial charge is 0.416 e. The summed E-state index contributed by atoms with van der Waals surface area (Å²) in [5.74, 6) is -0.588. The number of aromatic nitrogens is 2. The third kappa shape index (κ3) is 6.13. The van der Waals surface area contributed by atoms with Gasteiger partial charge in [0.15, 0.2) is 5.16 Å². The number of benzene rings is 3. The number of aryl methyl sites for hydroxylation is 1. The highest BCUT2D eigenvalue weighted by atomic mass is 32.2. The molecule has 2 aliphatic rings. The lowest BCUT2D eigenvalue weighted by Crippen LogP contribution is -2.43. The second kappa shape index (κ2) is 12.0. The van der Waals surface area contributed by atoms with E-state index in [1.165, 1.54) is 17.7 Å². The molecule has 1 saturated carbocycles. The highest BCUT2D eigenvalue weighted by Crippen LogP contribution is 2.48. The molecule has 43 heavy (non-hydrogen) atoms. The van der Waals surface area contributed by atoms with Crippen molar-refractivity contribution in [3.63, 3.8) is 0 Å². The molecule has 222 valence electrons. The second-order valence-corrected chi connectivity index (χ2v) is 12.3. The van der Waals surface area contributed by atoms with E-state index in [1.54, 1.807) is 4.57 Å². The first-order valence-corrected chi connectivity index (χ1v) is 15.6. The number of hydrogen-bond donors (Lipinski definition) is 1. The van der Waals surface area contributed by atoms with E-state index in [9.17, 15) is 22.8 Å². The maximum atomic E-state index is 14.5. The van der Waals surface area contributed by atoms with Crippen molar-refractivity contribution in [2.24, 2.45) is 0 Å². The van der Waals surface area contributed by atoms with Crippen molar-refractivity contribution in [3.8, 4) is 11.3 Å². The minimum Gasteiger partial charge on any atom is -0.325 e. The van der Waals surface area contributed by atoms with Crippen LogP contribution >= 0.6 is 11.8 Å². The van der Waals surface area contributed by atoms with Gasteiger partial charge in [-0.25, -0.2) is 4.98 Å². The van der Waals surface area contributed by atoms with Gasteiger partial charge in [-0.05, 0) is 55.0 Å². The van der Waals surface area contributed by atoms with Crippen molar-refractivity contribution in [1.82, 2.24) is 9.55 Å². The van der Waals surface area contributed by atoms with Gasteiger partial charge < -0.3 is 5.32 Å². The Hall–Kier alpha value is -3.85. The van der Waals surface area contributed by atoms with Crippen LogP contribution < -0.4 is 10.9 Å². The molecule has 0 atom stereocenters. The molecule has 6 rings (SSSR count). The Labute approximate surface area is 252 Å². The van der Waals surface area contributed by atoms with Gasteiger partial charge in [0, 0.05) is 23.2 Å². The summed E-state index contributed by atoms with van der Waals surface area (Å²) in [6.45, 7) is 0.401. The second-order valence-electron chi connectivity index (χ2n) is 11.4. The fraction of sp³-hybridized carbons (Fsp3) is 0.324. The molecule has 0 aliphatic heterocycles. The van der Waals surface area contributed by atoms with E-state index in [0.29, 0.717) is 23.8 Å². The van der Waals surface area contributed by atoms with Crippen LogP contribution in [0.3, 0.4) is 0 Å². The van der Waals surface area contributed by atoms with Crippen molar-refractivity contribution in [2.75, 3.05) is 11.1 Å². The van der Waals surface area contributed by atoms with Crippen molar-refractivity contribution >= 4 is 23.4 Å². The number of nitrogens with zero attached hydrogens (tertiary/aromatic N) is 2. The SMILES string of the molecule is O=C(CSc1nc2c(c(=O)n1CCc1ccccc1)C1(CCCCC1)Cc1ccccc1-2)Nc1cccc(C(F)(F)F)c1. The summed E-state index contributed by atoms with van der Waals surface area (Å²) >= 11 is 1.13. The van der Waals surface area contributed by atoms with Crippen molar-refractivity contribution in [1.29, 1.82) is 0 Å². The quantitative estimate of drug-likeness (QED) is 0.174. The van der Waals surface area contributed by atoms with Crippen molar-refractivity contribution in [3.05, 3.63) is 111 Å². The molecule has 1 amide bonds. The van der Waals surface area contributed by atoms with Crippen molar-refractivity contribution in [2.45, 2.75) is 68.2 Å². The highest BCUT2D eigenvalue weighted by molar-refractivity contribution is 7.99. The van der Waals surface area contributed by atoms with Crippen LogP contribution in [0.5, 0.6) is 0 Å². The zero-order valence-electron chi connectivity index (χ0n) is 23.6. The van der Waals surface area contributed by atoms with Crippen LogP contribution in [0.25, 0.3) is 11.3 Å². The first-order valence-electron chi connectivity index (χ1n) is 14.6. The van der Waals surface area contributed by atoms with E-state index in [4.69, 9.17) is 4.98 Å². The summed E-state index contributed by atoms with van der Waals surface area (Å²) in [5, 5.41) is 3.00. The minimum absolute atomic E-state index is 0.0573. The lowest BCUT2D eigenvalue weighted by molar-refractivity contribution is -0.137. The zero-order chi connectivity index (χ0) is 30.0. The van der Waals surface area contributed by atoms with Gasteiger partial charge >= 0.3 is 6.18 Å². The Balaban J connectivity index is 1.36. The average Bonchev–Trinajstić information content (AvgIpc) is 3.00. The normalized spacial score (nSPS) is 15.5. The zero-order valence-corrected chi connectivity index (χ0v) is 24.4. The van der Waals surface area contributed by atoms with E-state index in [0.717, 1.165) is 79.1 Å². The monoisotopic (exact) mass is 603 g/mol. The minimum atomic E-state index is -4.51. The molecular weight excluding hydrogens is 571 g/mol. The molecule has 0 bridgehead atoms. The number of nitrogens with one attached hydrogen (secondary N) is 1. The molecule has 1 aromatic heterocycles. The van der Waals surface area contributed by atoms with E-state index in [-0.39, 0.29) is 22.4 Å². The van der Waals surface area contributed by atoms with Gasteiger partial charge in [0.05, 0.1) is 22.6 Å². The van der Waals surface area contributed by atoms with Gasteiger partial charge in [-0.1, -0.05) is 91.7 Å². The maximum absolute atomic E-state index is 14.5. The summed E-state index contributed by atoms with van der Waals surface area (Å²) in [6, 6.07) is 22.6. The molecule has 5 nitrogen and oxygen atoms in total. The van der Waals surface area contributed by atoms with Crippen LogP contribution in [0.2, 0.25) is 0 Å². The van der Waals surface area contributed by atoms with Crippen LogP contribution in [0.4, 0.5) is 18.9 Å². The number of carbonyl (C=O) groups is 1. The highest BCUT2D eigenvalue weighted by Gasteiger charge is 2.43. The smallest absolute Gasteiger partial charge is 0.325 e. The van der Waals surface area contributed by atoms with Gasteiger partial charge in [0.1, 0.15) is 0 Å². The molecule has 3 aromatic carbocycles. The summed E-state index contributed by atoms with van der Waals surface area (Å²) in [6.07, 6.45) is 2.10. The Morgan fingerprint density at radius 2 is 1.70 bits per heavy atom. The molecule has 1 N–H and O–H groups in total. The van der Waals surface area contributed by atoms with Crippen molar-refractivity contribution < 1.29 is 18.0 Å². The maximum Gasteiger partial charge on any atom is 0.416 e. The predicted molar refractivity (Wildman–Crippen MR) is 163 cm³/mol. The van der Waals surface area contributed by atoms with E-state index >= 15 is 0 Å². The number of halogens is 3. The number of alkyl halides is 3. The van der Waals surface area contributed by atoms with Crippen LogP contribution in [-0.2, 0) is 35.8 Å². The number of carbonyl (C=O) groups excluding carboxylic acids is 1. The Morgan fingerprint density at radius 3 is 2.47 bits per heavy atom. The van der Waals surface area contributed by atoms with Gasteiger partial charge in [-0.15, -0.1) is 0 Å². The van der Waals surface area contributed by atoms with Crippen LogP contribution in [0.1, 0.15) is 54.4 Å². The first-order chi connectivity index (χ1) is 20.7. The van der Waals surface area contributed by atoms with Gasteiger partial charge in [0.25, 0.3) is 5.56 Å². The molecule has 0 saturated heterocycles. The molecule has 1 spiro atoms. The number of anilines is 1. The molecule has 9 heteroatoms. The topological polar surface area (TPSA) is 64.0 Å². The molecule has 1 heterocycles. The fourth-order valence-corrected chi connectivity index (χ4v) is 7.33. The Kier molecular flexibility index (Phi) is 8.18. The summed E-state index contributed by atoms with van der Waals surface area (Å²) in [7, 11) is 0. The predicted octanol–water partition coefficient (Wildman–Crippen LogP) is 7.66. The molecule has 2 aliphatic carbocycles. The van der Waals surface area contributed by atoms with E-state index in [2.05, 4.69) is 11.4 Å². The van der Waals surface area contributed by atoms with Crippen LogP contribution in [0.15, 0.2) is 88.8 Å². The summed E-state index contributed by atoms with van der Waals surface area (Å²) in [4.78, 5) is 32.5. The summed E-state index contributed by atoms with van der Waals surface area (Å²) < 4.78 is 41.2. The van der Waals surface area contributed by atoms with E-state index < -0.39 is 17.6 Å². The number of hydrogen-bond acceptors (Lipinski definition) is 4. The summed E-state index contributed by atoms with van der Waals surface area (Å²) in [5.41, 5.74) is 3.63. The molecule has 0 unspecified atom stereocenters. The van der Waals surface area contributed by atoms with Crippen LogP contribution in [-0.4, -0.2) is 21.2 Å². The van der Waals surface area contributed by atoms with Gasteiger partial charge in [-0.2, -0.15) is 13.2 Å². The molecular formula is C34H32F3N3O2S. The molecule has 4 aromatic rings. The first kappa shape index (κ1) is 29.2. The number of thioether (sulfide) groups is 1. The Bertz CT molecular complexity index is 1700. The van der Waals surface area contributed by atoms with Gasteiger partial charge in [-0.3, -0.25) is 14.2 Å². The lowest BCUT2D eigenvalue weighted by atomic mass is 9.62. The average molecular weight is 604 g/mol. The third-order valence-corrected chi connectivity index (χ3v) is 9.53. The standard InChI is InChI=1S/C34H32F3N3O2S/c35-34(36,37)25-13-9-14-26(20-25)38-28(41)22-43-32-39-30-27-15-6-5-12-24(27)21-33(17-7-2-8-18-33)29(30)31(42)40(32)19-16-23-10-3-1-4-11-23/h1,3-6,9-15,20H,2,7-8,16-19,21-22H2,(H,38,41).